The molecular formula is C15H13Cl2NO3S. The van der Waals surface area contributed by atoms with Gasteiger partial charge in [0.05, 0.1) is 21.4 Å². The predicted octanol–water partition coefficient (Wildman–Crippen LogP) is 3.80. The number of amides is 1. The van der Waals surface area contributed by atoms with Crippen LogP contribution in [0.5, 0.6) is 0 Å². The second-order valence-corrected chi connectivity index (χ2v) is 7.51. The summed E-state index contributed by atoms with van der Waals surface area (Å²) in [7, 11) is -3.48. The van der Waals surface area contributed by atoms with Crippen molar-refractivity contribution in [2.24, 2.45) is 0 Å². The number of halogens is 2. The summed E-state index contributed by atoms with van der Waals surface area (Å²) < 4.78 is 24.2. The van der Waals surface area contributed by atoms with Gasteiger partial charge in [0.2, 0.25) is 5.91 Å². The van der Waals surface area contributed by atoms with Crippen LogP contribution in [-0.2, 0) is 14.6 Å². The zero-order valence-corrected chi connectivity index (χ0v) is 13.8. The van der Waals surface area contributed by atoms with E-state index in [-0.39, 0.29) is 17.1 Å². The van der Waals surface area contributed by atoms with Gasteiger partial charge in [-0.15, -0.1) is 0 Å². The number of anilines is 1. The van der Waals surface area contributed by atoms with Gasteiger partial charge in [0.25, 0.3) is 0 Å². The minimum absolute atomic E-state index is 0.157. The molecule has 0 aliphatic rings. The highest BCUT2D eigenvalue weighted by atomic mass is 35.5. The molecule has 0 radical (unpaired) electrons. The van der Waals surface area contributed by atoms with Crippen LogP contribution in [0, 0.1) is 0 Å². The molecule has 0 aromatic heterocycles. The Labute approximate surface area is 139 Å². The van der Waals surface area contributed by atoms with Crippen molar-refractivity contribution >= 4 is 44.6 Å². The lowest BCUT2D eigenvalue weighted by atomic mass is 10.3. The molecule has 0 aliphatic heterocycles. The van der Waals surface area contributed by atoms with E-state index in [1.165, 1.54) is 18.2 Å². The second-order valence-electron chi connectivity index (χ2n) is 4.55. The van der Waals surface area contributed by atoms with Crippen LogP contribution < -0.4 is 5.32 Å². The summed E-state index contributed by atoms with van der Waals surface area (Å²) in [6, 6.07) is 12.7. The van der Waals surface area contributed by atoms with Gasteiger partial charge in [-0.2, -0.15) is 0 Å². The summed E-state index contributed by atoms with van der Waals surface area (Å²) in [4.78, 5) is 12.1. The number of rotatable bonds is 5. The number of benzene rings is 2. The van der Waals surface area contributed by atoms with Gasteiger partial charge in [0.1, 0.15) is 0 Å². The van der Waals surface area contributed by atoms with Crippen molar-refractivity contribution < 1.29 is 13.2 Å². The maximum atomic E-state index is 12.1. The molecule has 0 fully saturated rings. The minimum atomic E-state index is -3.48. The van der Waals surface area contributed by atoms with Crippen molar-refractivity contribution in [1.82, 2.24) is 0 Å². The van der Waals surface area contributed by atoms with Gasteiger partial charge in [-0.05, 0) is 30.3 Å². The summed E-state index contributed by atoms with van der Waals surface area (Å²) in [6.45, 7) is 0. The normalized spacial score (nSPS) is 11.2. The van der Waals surface area contributed by atoms with Gasteiger partial charge in [-0.25, -0.2) is 8.42 Å². The Balaban J connectivity index is 1.98. The quantitative estimate of drug-likeness (QED) is 0.884. The Bertz CT molecular complexity index is 777. The molecule has 0 saturated heterocycles. The fourth-order valence-electron chi connectivity index (χ4n) is 1.78. The second kappa shape index (κ2) is 7.13. The van der Waals surface area contributed by atoms with Crippen molar-refractivity contribution in [1.29, 1.82) is 0 Å². The molecule has 22 heavy (non-hydrogen) atoms. The molecule has 0 unspecified atom stereocenters. The van der Waals surface area contributed by atoms with Crippen molar-refractivity contribution in [3.63, 3.8) is 0 Å². The summed E-state index contributed by atoms with van der Waals surface area (Å²) in [5.74, 6) is -0.697. The zero-order chi connectivity index (χ0) is 16.2. The van der Waals surface area contributed by atoms with Crippen LogP contribution in [0.2, 0.25) is 10.0 Å². The number of carbonyl (C=O) groups excluding carboxylic acids is 1. The number of nitrogens with one attached hydrogen (secondary N) is 1. The molecule has 7 heteroatoms. The summed E-state index contributed by atoms with van der Waals surface area (Å²) in [5.41, 5.74) is 0.396. The summed E-state index contributed by atoms with van der Waals surface area (Å²) >= 11 is 11.7. The van der Waals surface area contributed by atoms with Crippen LogP contribution in [0.15, 0.2) is 53.4 Å². The topological polar surface area (TPSA) is 63.2 Å². The van der Waals surface area contributed by atoms with Crippen molar-refractivity contribution in [2.75, 3.05) is 11.1 Å². The summed E-state index contributed by atoms with van der Waals surface area (Å²) in [5, 5.41) is 3.32. The van der Waals surface area contributed by atoms with E-state index in [1.54, 1.807) is 30.3 Å². The smallest absolute Gasteiger partial charge is 0.225 e. The van der Waals surface area contributed by atoms with Crippen molar-refractivity contribution in [3.05, 3.63) is 58.6 Å². The molecule has 1 N–H and O–H groups in total. The van der Waals surface area contributed by atoms with Gasteiger partial charge in [-0.3, -0.25) is 4.79 Å². The Morgan fingerprint density at radius 2 is 1.73 bits per heavy atom. The number of hydrogen-bond acceptors (Lipinski definition) is 3. The van der Waals surface area contributed by atoms with Crippen LogP contribution in [0.1, 0.15) is 6.42 Å². The first-order valence-electron chi connectivity index (χ1n) is 6.41. The fraction of sp³-hybridized carbons (Fsp3) is 0.133. The van der Waals surface area contributed by atoms with Gasteiger partial charge >= 0.3 is 0 Å². The van der Waals surface area contributed by atoms with Crippen LogP contribution in [0.4, 0.5) is 5.69 Å². The van der Waals surface area contributed by atoms with E-state index in [0.717, 1.165) is 0 Å². The molecule has 116 valence electrons. The Morgan fingerprint density at radius 3 is 2.36 bits per heavy atom. The maximum absolute atomic E-state index is 12.1. The van der Waals surface area contributed by atoms with Crippen LogP contribution in [-0.4, -0.2) is 20.1 Å². The first-order valence-corrected chi connectivity index (χ1v) is 8.82. The highest BCUT2D eigenvalue weighted by molar-refractivity contribution is 7.91. The molecule has 2 rings (SSSR count). The van der Waals surface area contributed by atoms with Gasteiger partial charge < -0.3 is 5.32 Å². The van der Waals surface area contributed by atoms with E-state index in [4.69, 9.17) is 23.2 Å². The molecule has 0 atom stereocenters. The largest absolute Gasteiger partial charge is 0.325 e. The molecule has 0 spiro atoms. The molecule has 0 saturated carbocycles. The standard InChI is InChI=1S/C15H13Cl2NO3S/c16-11-6-7-14(13(17)10-11)18-15(19)8-9-22(20,21)12-4-2-1-3-5-12/h1-7,10H,8-9H2,(H,18,19). The average molecular weight is 358 g/mol. The Hall–Kier alpha value is -1.56. The molecule has 2 aromatic rings. The van der Waals surface area contributed by atoms with Crippen LogP contribution >= 0.6 is 23.2 Å². The molecular weight excluding hydrogens is 345 g/mol. The lowest BCUT2D eigenvalue weighted by Gasteiger charge is -2.08. The molecule has 0 heterocycles. The third-order valence-electron chi connectivity index (χ3n) is 2.91. The molecule has 4 nitrogen and oxygen atoms in total. The van der Waals surface area contributed by atoms with E-state index in [2.05, 4.69) is 5.32 Å². The Morgan fingerprint density at radius 1 is 1.05 bits per heavy atom. The van der Waals surface area contributed by atoms with Gasteiger partial charge in [0, 0.05) is 11.4 Å². The fourth-order valence-corrected chi connectivity index (χ4v) is 3.49. The Kier molecular flexibility index (Phi) is 5.45. The molecule has 0 aliphatic carbocycles. The van der Waals surface area contributed by atoms with E-state index < -0.39 is 15.7 Å². The number of sulfone groups is 1. The molecule has 2 aromatic carbocycles. The van der Waals surface area contributed by atoms with E-state index in [9.17, 15) is 13.2 Å². The van der Waals surface area contributed by atoms with E-state index in [0.29, 0.717) is 15.7 Å². The molecule has 1 amide bonds. The third kappa shape index (κ3) is 4.47. The monoisotopic (exact) mass is 357 g/mol. The zero-order valence-electron chi connectivity index (χ0n) is 11.4. The predicted molar refractivity (Wildman–Crippen MR) is 88.2 cm³/mol. The first kappa shape index (κ1) is 16.8. The molecule has 0 bridgehead atoms. The lowest BCUT2D eigenvalue weighted by Crippen LogP contribution is -2.17. The minimum Gasteiger partial charge on any atom is -0.325 e. The highest BCUT2D eigenvalue weighted by Gasteiger charge is 2.16. The number of carbonyl (C=O) groups is 1. The van der Waals surface area contributed by atoms with Crippen molar-refractivity contribution in [2.45, 2.75) is 11.3 Å². The van der Waals surface area contributed by atoms with Crippen LogP contribution in [0.3, 0.4) is 0 Å². The SMILES string of the molecule is O=C(CCS(=O)(=O)c1ccccc1)Nc1ccc(Cl)cc1Cl. The van der Waals surface area contributed by atoms with Crippen LogP contribution in [0.25, 0.3) is 0 Å². The van der Waals surface area contributed by atoms with E-state index >= 15 is 0 Å². The third-order valence-corrected chi connectivity index (χ3v) is 5.19. The average Bonchev–Trinajstić information content (AvgIpc) is 2.49. The van der Waals surface area contributed by atoms with Gasteiger partial charge in [-0.1, -0.05) is 41.4 Å². The maximum Gasteiger partial charge on any atom is 0.225 e. The van der Waals surface area contributed by atoms with E-state index in [1.807, 2.05) is 0 Å². The van der Waals surface area contributed by atoms with Crippen molar-refractivity contribution in [3.8, 4) is 0 Å². The highest BCUT2D eigenvalue weighted by Crippen LogP contribution is 2.25. The lowest BCUT2D eigenvalue weighted by molar-refractivity contribution is -0.115. The summed E-state index contributed by atoms with van der Waals surface area (Å²) in [6.07, 6.45) is -0.157. The van der Waals surface area contributed by atoms with Gasteiger partial charge in [0.15, 0.2) is 9.84 Å². The first-order chi connectivity index (χ1) is 10.4. The number of hydrogen-bond donors (Lipinski definition) is 1.